The first-order chi connectivity index (χ1) is 9.20. The molecular formula is C14H12BrN3S. The van der Waals surface area contributed by atoms with E-state index in [1.54, 1.807) is 6.20 Å². The maximum atomic E-state index is 5.43. The van der Waals surface area contributed by atoms with Crippen LogP contribution in [0.15, 0.2) is 41.0 Å². The van der Waals surface area contributed by atoms with Crippen molar-refractivity contribution in [1.82, 2.24) is 14.5 Å². The molecule has 19 heavy (non-hydrogen) atoms. The maximum Gasteiger partial charge on any atom is 0.184 e. The lowest BCUT2D eigenvalue weighted by molar-refractivity contribution is 0.996. The van der Waals surface area contributed by atoms with Gasteiger partial charge in [-0.1, -0.05) is 22.9 Å². The van der Waals surface area contributed by atoms with Crippen molar-refractivity contribution in [3.05, 3.63) is 51.3 Å². The van der Waals surface area contributed by atoms with Gasteiger partial charge in [0.1, 0.15) is 0 Å². The van der Waals surface area contributed by atoms with Gasteiger partial charge in [-0.2, -0.15) is 0 Å². The van der Waals surface area contributed by atoms with Gasteiger partial charge in [0, 0.05) is 10.7 Å². The molecule has 0 unspecified atom stereocenters. The average molecular weight is 334 g/mol. The van der Waals surface area contributed by atoms with Gasteiger partial charge in [0.15, 0.2) is 10.4 Å². The van der Waals surface area contributed by atoms with E-state index in [4.69, 9.17) is 12.2 Å². The van der Waals surface area contributed by atoms with Gasteiger partial charge in [-0.15, -0.1) is 0 Å². The van der Waals surface area contributed by atoms with Crippen molar-refractivity contribution in [1.29, 1.82) is 0 Å². The van der Waals surface area contributed by atoms with Crippen molar-refractivity contribution in [2.24, 2.45) is 0 Å². The molecule has 0 aliphatic rings. The fourth-order valence-corrected chi connectivity index (χ4v) is 2.92. The summed E-state index contributed by atoms with van der Waals surface area (Å²) >= 11 is 8.94. The number of rotatable bonds is 2. The molecule has 0 aliphatic heterocycles. The number of hydrogen-bond donors (Lipinski definition) is 1. The highest BCUT2D eigenvalue weighted by atomic mass is 79.9. The molecule has 0 amide bonds. The van der Waals surface area contributed by atoms with E-state index in [9.17, 15) is 0 Å². The molecular weight excluding hydrogens is 322 g/mol. The number of nitrogens with one attached hydrogen (secondary N) is 1. The summed E-state index contributed by atoms with van der Waals surface area (Å²) in [7, 11) is 0. The summed E-state index contributed by atoms with van der Waals surface area (Å²) < 4.78 is 3.74. The first-order valence-electron chi connectivity index (χ1n) is 6.05. The predicted molar refractivity (Wildman–Crippen MR) is 83.3 cm³/mol. The quantitative estimate of drug-likeness (QED) is 0.705. The Morgan fingerprint density at radius 1 is 1.37 bits per heavy atom. The number of aromatic amines is 1. The predicted octanol–water partition coefficient (Wildman–Crippen LogP) is 4.41. The molecule has 3 aromatic rings. The Morgan fingerprint density at radius 2 is 2.21 bits per heavy atom. The molecule has 0 spiro atoms. The fraction of sp³-hybridized carbons (Fsp3) is 0.143. The molecule has 0 radical (unpaired) electrons. The average Bonchev–Trinajstić information content (AvgIpc) is 2.74. The monoisotopic (exact) mass is 333 g/mol. The van der Waals surface area contributed by atoms with Crippen LogP contribution in [0.25, 0.3) is 16.9 Å². The lowest BCUT2D eigenvalue weighted by atomic mass is 10.1. The van der Waals surface area contributed by atoms with Gasteiger partial charge in [0.2, 0.25) is 0 Å². The zero-order chi connectivity index (χ0) is 13.4. The molecule has 0 saturated carbocycles. The number of hydrogen-bond acceptors (Lipinski definition) is 2. The Balaban J connectivity index is 2.36. The second-order valence-corrected chi connectivity index (χ2v) is 5.57. The number of aryl methyl sites for hydroxylation is 1. The largest absolute Gasteiger partial charge is 0.329 e. The minimum Gasteiger partial charge on any atom is -0.329 e. The number of nitrogens with zero attached hydrogens (tertiary/aromatic N) is 2. The van der Waals surface area contributed by atoms with Crippen LogP contribution in [-0.2, 0) is 6.42 Å². The Kier molecular flexibility index (Phi) is 3.24. The smallest absolute Gasteiger partial charge is 0.184 e. The molecule has 96 valence electrons. The van der Waals surface area contributed by atoms with Crippen LogP contribution >= 0.6 is 28.1 Å². The van der Waals surface area contributed by atoms with Gasteiger partial charge < -0.3 is 4.98 Å². The number of fused-ring (bicyclic) bond motifs is 1. The molecule has 3 rings (SSSR count). The van der Waals surface area contributed by atoms with Crippen molar-refractivity contribution >= 4 is 39.3 Å². The van der Waals surface area contributed by atoms with Gasteiger partial charge in [-0.25, -0.2) is 4.98 Å². The summed E-state index contributed by atoms with van der Waals surface area (Å²) in [5.74, 6) is 0. The molecule has 0 atom stereocenters. The van der Waals surface area contributed by atoms with E-state index in [1.165, 1.54) is 5.56 Å². The third kappa shape index (κ3) is 2.13. The highest BCUT2D eigenvalue weighted by molar-refractivity contribution is 9.10. The Bertz CT molecular complexity index is 804. The summed E-state index contributed by atoms with van der Waals surface area (Å²) in [5, 5.41) is 0. The van der Waals surface area contributed by atoms with E-state index in [-0.39, 0.29) is 0 Å². The number of pyridine rings is 1. The molecule has 3 nitrogen and oxygen atoms in total. The van der Waals surface area contributed by atoms with Crippen LogP contribution in [0.5, 0.6) is 0 Å². The SMILES string of the molecule is CCc1cc(Br)ccc1-n1c(=S)[nH]c2cccnc21. The molecule has 1 N–H and O–H groups in total. The number of aromatic nitrogens is 3. The normalized spacial score (nSPS) is 11.1. The topological polar surface area (TPSA) is 33.6 Å². The molecule has 2 heterocycles. The third-order valence-corrected chi connectivity index (χ3v) is 3.88. The zero-order valence-corrected chi connectivity index (χ0v) is 12.8. The summed E-state index contributed by atoms with van der Waals surface area (Å²) in [5.41, 5.74) is 4.14. The standard InChI is InChI=1S/C14H12BrN3S/c1-2-9-8-10(15)5-6-12(9)18-13-11(17-14(18)19)4-3-7-16-13/h3-8H,2H2,1H3,(H,17,19). The van der Waals surface area contributed by atoms with Crippen LogP contribution in [0.4, 0.5) is 0 Å². The second kappa shape index (κ2) is 4.90. The van der Waals surface area contributed by atoms with Crippen LogP contribution in [0.1, 0.15) is 12.5 Å². The van der Waals surface area contributed by atoms with E-state index >= 15 is 0 Å². The Morgan fingerprint density at radius 3 is 3.00 bits per heavy atom. The minimum absolute atomic E-state index is 0.672. The summed E-state index contributed by atoms with van der Waals surface area (Å²) in [6.45, 7) is 2.14. The number of benzene rings is 1. The van der Waals surface area contributed by atoms with Crippen LogP contribution in [0, 0.1) is 4.77 Å². The Labute approximate surface area is 124 Å². The fourth-order valence-electron chi connectivity index (χ4n) is 2.22. The zero-order valence-electron chi connectivity index (χ0n) is 10.4. The number of H-pyrrole nitrogens is 1. The van der Waals surface area contributed by atoms with Crippen molar-refractivity contribution in [3.63, 3.8) is 0 Å². The van der Waals surface area contributed by atoms with Gasteiger partial charge in [-0.3, -0.25) is 4.57 Å². The molecule has 0 fully saturated rings. The lowest BCUT2D eigenvalue weighted by Gasteiger charge is -2.10. The maximum absolute atomic E-state index is 5.43. The van der Waals surface area contributed by atoms with Gasteiger partial charge >= 0.3 is 0 Å². The summed E-state index contributed by atoms with van der Waals surface area (Å²) in [6, 6.07) is 10.1. The van der Waals surface area contributed by atoms with Gasteiger partial charge in [0.05, 0.1) is 11.2 Å². The Hall–Kier alpha value is -1.46. The molecule has 1 aromatic carbocycles. The van der Waals surface area contributed by atoms with E-state index in [0.717, 1.165) is 27.7 Å². The molecule has 0 aliphatic carbocycles. The summed E-state index contributed by atoms with van der Waals surface area (Å²) in [6.07, 6.45) is 2.72. The van der Waals surface area contributed by atoms with Crippen molar-refractivity contribution < 1.29 is 0 Å². The van der Waals surface area contributed by atoms with Crippen LogP contribution in [0.3, 0.4) is 0 Å². The van der Waals surface area contributed by atoms with E-state index < -0.39 is 0 Å². The first-order valence-corrected chi connectivity index (χ1v) is 7.25. The van der Waals surface area contributed by atoms with Crippen LogP contribution in [-0.4, -0.2) is 14.5 Å². The lowest BCUT2D eigenvalue weighted by Crippen LogP contribution is -2.00. The van der Waals surface area contributed by atoms with E-state index in [2.05, 4.69) is 45.0 Å². The number of halogens is 1. The molecule has 0 saturated heterocycles. The second-order valence-electron chi connectivity index (χ2n) is 4.27. The van der Waals surface area contributed by atoms with Crippen LogP contribution in [0.2, 0.25) is 0 Å². The van der Waals surface area contributed by atoms with Crippen molar-refractivity contribution in [3.8, 4) is 5.69 Å². The minimum atomic E-state index is 0.672. The molecule has 5 heteroatoms. The van der Waals surface area contributed by atoms with Crippen LogP contribution < -0.4 is 0 Å². The van der Waals surface area contributed by atoms with E-state index in [1.807, 2.05) is 22.8 Å². The highest BCUT2D eigenvalue weighted by Crippen LogP contribution is 2.24. The van der Waals surface area contributed by atoms with Crippen molar-refractivity contribution in [2.45, 2.75) is 13.3 Å². The third-order valence-electron chi connectivity index (χ3n) is 3.11. The van der Waals surface area contributed by atoms with Gasteiger partial charge in [-0.05, 0) is 54.5 Å². The van der Waals surface area contributed by atoms with E-state index in [0.29, 0.717) is 4.77 Å². The first kappa shape index (κ1) is 12.6. The molecule has 2 aromatic heterocycles. The highest BCUT2D eigenvalue weighted by Gasteiger charge is 2.10. The van der Waals surface area contributed by atoms with Gasteiger partial charge in [0.25, 0.3) is 0 Å². The van der Waals surface area contributed by atoms with Crippen molar-refractivity contribution in [2.75, 3.05) is 0 Å². The number of imidazole rings is 1. The molecule has 0 bridgehead atoms. The summed E-state index contributed by atoms with van der Waals surface area (Å²) in [4.78, 5) is 7.62.